The Hall–Kier alpha value is -1.13. The van der Waals surface area contributed by atoms with Gasteiger partial charge in [0.05, 0.1) is 11.8 Å². The minimum atomic E-state index is -3.19. The van der Waals surface area contributed by atoms with Crippen LogP contribution in [0.1, 0.15) is 25.2 Å². The lowest BCUT2D eigenvalue weighted by Gasteiger charge is -2.20. The van der Waals surface area contributed by atoms with E-state index in [2.05, 4.69) is 26.7 Å². The monoisotopic (exact) mass is 417 g/mol. The van der Waals surface area contributed by atoms with Crippen molar-refractivity contribution in [1.29, 1.82) is 0 Å². The standard InChI is InChI=1S/C16H24ClN5O2S2/c1-12(21(3)4)15-19-20-16(25-10-5-11-26(23,24)18-2)22(15)14-8-6-13(17)7-9-14/h6-9,12,18H,5,10-11H2,1-4H3. The van der Waals surface area contributed by atoms with E-state index in [0.717, 1.165) is 16.7 Å². The van der Waals surface area contributed by atoms with Crippen molar-refractivity contribution in [2.75, 3.05) is 32.6 Å². The third-order valence-corrected chi connectivity index (χ3v) is 6.71. The Morgan fingerprint density at radius 1 is 1.27 bits per heavy atom. The molecule has 1 atom stereocenters. The van der Waals surface area contributed by atoms with Crippen LogP contribution in [0.15, 0.2) is 29.4 Å². The number of hydrogen-bond donors (Lipinski definition) is 1. The Morgan fingerprint density at radius 3 is 2.50 bits per heavy atom. The van der Waals surface area contributed by atoms with Gasteiger partial charge in [-0.1, -0.05) is 23.4 Å². The number of thioether (sulfide) groups is 1. The Bertz CT molecular complexity index is 822. The lowest BCUT2D eigenvalue weighted by atomic mass is 10.2. The molecule has 1 N–H and O–H groups in total. The molecule has 0 aliphatic rings. The molecule has 1 heterocycles. The van der Waals surface area contributed by atoms with Crippen LogP contribution in [0.4, 0.5) is 0 Å². The van der Waals surface area contributed by atoms with Crippen LogP contribution in [0.3, 0.4) is 0 Å². The van der Waals surface area contributed by atoms with Crippen molar-refractivity contribution >= 4 is 33.4 Å². The first-order chi connectivity index (χ1) is 12.2. The molecule has 0 saturated heterocycles. The maximum Gasteiger partial charge on any atom is 0.211 e. The van der Waals surface area contributed by atoms with E-state index in [9.17, 15) is 8.42 Å². The van der Waals surface area contributed by atoms with Crippen molar-refractivity contribution in [3.63, 3.8) is 0 Å². The summed E-state index contributed by atoms with van der Waals surface area (Å²) in [6, 6.07) is 7.57. The van der Waals surface area contributed by atoms with Gasteiger partial charge in [-0.25, -0.2) is 13.1 Å². The fourth-order valence-electron chi connectivity index (χ4n) is 2.22. The third-order valence-electron chi connectivity index (χ3n) is 3.99. The second-order valence-corrected chi connectivity index (χ2v) is 9.56. The molecule has 1 aromatic carbocycles. The maximum absolute atomic E-state index is 11.5. The van der Waals surface area contributed by atoms with E-state index in [1.807, 2.05) is 42.9 Å². The molecule has 10 heteroatoms. The van der Waals surface area contributed by atoms with Crippen molar-refractivity contribution in [2.24, 2.45) is 0 Å². The summed E-state index contributed by atoms with van der Waals surface area (Å²) in [6.45, 7) is 2.06. The predicted octanol–water partition coefficient (Wildman–Crippen LogP) is 2.57. The molecule has 0 aliphatic carbocycles. The van der Waals surface area contributed by atoms with E-state index in [1.54, 1.807) is 0 Å². The Kier molecular flexibility index (Phi) is 7.48. The minimum absolute atomic E-state index is 0.0668. The number of aromatic nitrogens is 3. The molecule has 26 heavy (non-hydrogen) atoms. The van der Waals surface area contributed by atoms with Crippen LogP contribution in [0.25, 0.3) is 5.69 Å². The molecule has 0 radical (unpaired) electrons. The van der Waals surface area contributed by atoms with Crippen molar-refractivity contribution < 1.29 is 8.42 Å². The van der Waals surface area contributed by atoms with Crippen LogP contribution in [-0.4, -0.2) is 60.7 Å². The molecule has 0 bridgehead atoms. The smallest absolute Gasteiger partial charge is 0.211 e. The van der Waals surface area contributed by atoms with Gasteiger partial charge in [0.1, 0.15) is 0 Å². The van der Waals surface area contributed by atoms with Crippen LogP contribution in [0.5, 0.6) is 0 Å². The van der Waals surface area contributed by atoms with Gasteiger partial charge in [-0.3, -0.25) is 9.47 Å². The highest BCUT2D eigenvalue weighted by Gasteiger charge is 2.21. The molecule has 0 aliphatic heterocycles. The number of sulfonamides is 1. The highest BCUT2D eigenvalue weighted by Crippen LogP contribution is 2.27. The van der Waals surface area contributed by atoms with Crippen LogP contribution in [0, 0.1) is 0 Å². The zero-order chi connectivity index (χ0) is 19.3. The van der Waals surface area contributed by atoms with Gasteiger partial charge in [0.2, 0.25) is 10.0 Å². The fraction of sp³-hybridized carbons (Fsp3) is 0.500. The first-order valence-corrected chi connectivity index (χ1v) is 11.2. The van der Waals surface area contributed by atoms with E-state index in [-0.39, 0.29) is 11.8 Å². The molecule has 0 fully saturated rings. The first kappa shape index (κ1) is 21.2. The molecule has 0 saturated carbocycles. The molecule has 2 rings (SSSR count). The molecular weight excluding hydrogens is 394 g/mol. The Morgan fingerprint density at radius 2 is 1.92 bits per heavy atom. The molecule has 144 valence electrons. The highest BCUT2D eigenvalue weighted by atomic mass is 35.5. The summed E-state index contributed by atoms with van der Waals surface area (Å²) in [5.74, 6) is 1.54. The molecule has 1 aromatic heterocycles. The molecule has 0 amide bonds. The van der Waals surface area contributed by atoms with E-state index in [0.29, 0.717) is 17.2 Å². The van der Waals surface area contributed by atoms with Gasteiger partial charge in [-0.15, -0.1) is 10.2 Å². The van der Waals surface area contributed by atoms with Gasteiger partial charge in [0, 0.05) is 16.5 Å². The lowest BCUT2D eigenvalue weighted by molar-refractivity contribution is 0.305. The zero-order valence-corrected chi connectivity index (χ0v) is 17.7. The second-order valence-electron chi connectivity index (χ2n) is 6.02. The number of hydrogen-bond acceptors (Lipinski definition) is 6. The quantitative estimate of drug-likeness (QED) is 0.499. The third kappa shape index (κ3) is 5.43. The summed E-state index contributed by atoms with van der Waals surface area (Å²) in [5.41, 5.74) is 0.924. The minimum Gasteiger partial charge on any atom is -0.300 e. The SMILES string of the molecule is CNS(=O)(=O)CCCSc1nnc(C(C)N(C)C)n1-c1ccc(Cl)cc1. The van der Waals surface area contributed by atoms with Crippen molar-refractivity contribution in [3.8, 4) is 5.69 Å². The Labute approximate surface area is 164 Å². The maximum atomic E-state index is 11.5. The van der Waals surface area contributed by atoms with E-state index < -0.39 is 10.0 Å². The van der Waals surface area contributed by atoms with E-state index in [4.69, 9.17) is 11.6 Å². The van der Waals surface area contributed by atoms with Crippen molar-refractivity contribution in [2.45, 2.75) is 24.5 Å². The van der Waals surface area contributed by atoms with Gasteiger partial charge >= 0.3 is 0 Å². The molecule has 2 aromatic rings. The highest BCUT2D eigenvalue weighted by molar-refractivity contribution is 7.99. The average Bonchev–Trinajstić information content (AvgIpc) is 3.02. The van der Waals surface area contributed by atoms with Gasteiger partial charge in [-0.05, 0) is 58.8 Å². The summed E-state index contributed by atoms with van der Waals surface area (Å²) in [5, 5.41) is 10.1. The summed E-state index contributed by atoms with van der Waals surface area (Å²) in [4.78, 5) is 2.06. The van der Waals surface area contributed by atoms with Crippen molar-refractivity contribution in [3.05, 3.63) is 35.1 Å². The largest absolute Gasteiger partial charge is 0.300 e. The van der Waals surface area contributed by atoms with Gasteiger partial charge in [0.25, 0.3) is 0 Å². The van der Waals surface area contributed by atoms with Crippen LogP contribution in [-0.2, 0) is 10.0 Å². The predicted molar refractivity (Wildman–Crippen MR) is 107 cm³/mol. The van der Waals surface area contributed by atoms with Gasteiger partial charge in [-0.2, -0.15) is 0 Å². The number of nitrogens with zero attached hydrogens (tertiary/aromatic N) is 4. The number of rotatable bonds is 9. The second kappa shape index (κ2) is 9.18. The Balaban J connectivity index is 2.24. The average molecular weight is 418 g/mol. The number of halogens is 1. The molecule has 0 spiro atoms. The fourth-order valence-corrected chi connectivity index (χ4v) is 4.16. The summed E-state index contributed by atoms with van der Waals surface area (Å²) in [6.07, 6.45) is 0.528. The summed E-state index contributed by atoms with van der Waals surface area (Å²) >= 11 is 7.50. The summed E-state index contributed by atoms with van der Waals surface area (Å²) in [7, 11) is 2.21. The zero-order valence-electron chi connectivity index (χ0n) is 15.3. The van der Waals surface area contributed by atoms with E-state index >= 15 is 0 Å². The van der Waals surface area contributed by atoms with E-state index in [1.165, 1.54) is 18.8 Å². The lowest BCUT2D eigenvalue weighted by Crippen LogP contribution is -2.22. The van der Waals surface area contributed by atoms with Crippen LogP contribution in [0.2, 0.25) is 5.02 Å². The van der Waals surface area contributed by atoms with Crippen LogP contribution >= 0.6 is 23.4 Å². The molecule has 7 nitrogen and oxygen atoms in total. The van der Waals surface area contributed by atoms with Gasteiger partial charge < -0.3 is 0 Å². The molecular formula is C16H24ClN5O2S2. The molecule has 1 unspecified atom stereocenters. The number of nitrogens with one attached hydrogen (secondary N) is 1. The first-order valence-electron chi connectivity index (χ1n) is 8.17. The number of benzene rings is 1. The van der Waals surface area contributed by atoms with Crippen LogP contribution < -0.4 is 4.72 Å². The van der Waals surface area contributed by atoms with Crippen molar-refractivity contribution in [1.82, 2.24) is 24.4 Å². The summed E-state index contributed by atoms with van der Waals surface area (Å²) < 4.78 is 27.4. The normalized spacial score (nSPS) is 13.3. The van der Waals surface area contributed by atoms with Gasteiger partial charge in [0.15, 0.2) is 11.0 Å². The topological polar surface area (TPSA) is 80.1 Å².